The fraction of sp³-hybridized carbons (Fsp3) is 0.222. The number of alkyl halides is 1. The van der Waals surface area contributed by atoms with Crippen molar-refractivity contribution in [2.75, 3.05) is 0 Å². The predicted molar refractivity (Wildman–Crippen MR) is 56.2 cm³/mol. The molecule has 1 N–H and O–H groups in total. The van der Waals surface area contributed by atoms with Crippen molar-refractivity contribution in [1.29, 1.82) is 0 Å². The molecule has 0 fully saturated rings. The van der Waals surface area contributed by atoms with Crippen molar-refractivity contribution in [2.45, 2.75) is 12.3 Å². The van der Waals surface area contributed by atoms with Gasteiger partial charge in [-0.25, -0.2) is 9.89 Å². The van der Waals surface area contributed by atoms with Gasteiger partial charge in [-0.05, 0) is 35.0 Å². The number of hydrogen-bond acceptors (Lipinski definition) is 3. The second-order valence-corrected chi connectivity index (χ2v) is 3.78. The van der Waals surface area contributed by atoms with Crippen molar-refractivity contribution in [3.8, 4) is 5.69 Å². The van der Waals surface area contributed by atoms with Gasteiger partial charge in [-0.2, -0.15) is 4.68 Å². The minimum absolute atomic E-state index is 0.0481. The molecule has 5 nitrogen and oxygen atoms in total. The van der Waals surface area contributed by atoms with Crippen LogP contribution in [0, 0.1) is 0 Å². The maximum atomic E-state index is 11.2. The molecule has 6 heteroatoms. The number of hydrogen-bond donors (Lipinski definition) is 1. The summed E-state index contributed by atoms with van der Waals surface area (Å²) >= 11 is 5.91. The third kappa shape index (κ3) is 1.92. The molecule has 0 saturated carbocycles. The van der Waals surface area contributed by atoms with E-state index in [1.807, 2.05) is 19.1 Å². The molecule has 15 heavy (non-hydrogen) atoms. The number of nitrogens with zero attached hydrogens (tertiary/aromatic N) is 3. The first-order chi connectivity index (χ1) is 7.18. The van der Waals surface area contributed by atoms with E-state index in [1.165, 1.54) is 4.68 Å². The van der Waals surface area contributed by atoms with Gasteiger partial charge in [0.05, 0.1) is 11.1 Å². The molecule has 1 atom stereocenters. The average Bonchev–Trinajstić information content (AvgIpc) is 2.65. The van der Waals surface area contributed by atoms with Crippen LogP contribution in [0.5, 0.6) is 0 Å². The lowest BCUT2D eigenvalue weighted by atomic mass is 10.1. The number of H-pyrrole nitrogens is 1. The normalized spacial score (nSPS) is 12.7. The molecule has 0 radical (unpaired) electrons. The second-order valence-electron chi connectivity index (χ2n) is 3.13. The van der Waals surface area contributed by atoms with Crippen LogP contribution in [0.1, 0.15) is 17.9 Å². The molecular weight excluding hydrogens is 216 g/mol. The Hall–Kier alpha value is -1.62. The highest BCUT2D eigenvalue weighted by molar-refractivity contribution is 6.20. The first kappa shape index (κ1) is 9.92. The van der Waals surface area contributed by atoms with E-state index in [0.717, 1.165) is 5.56 Å². The number of halogens is 1. The third-order valence-corrected chi connectivity index (χ3v) is 2.32. The van der Waals surface area contributed by atoms with Crippen molar-refractivity contribution in [1.82, 2.24) is 20.2 Å². The number of nitrogens with one attached hydrogen (secondary N) is 1. The summed E-state index contributed by atoms with van der Waals surface area (Å²) in [5.41, 5.74) is 1.30. The van der Waals surface area contributed by atoms with Gasteiger partial charge in [-0.15, -0.1) is 11.6 Å². The number of benzene rings is 1. The van der Waals surface area contributed by atoms with Gasteiger partial charge in [-0.1, -0.05) is 12.1 Å². The molecule has 0 aliphatic carbocycles. The number of tetrazole rings is 1. The first-order valence-electron chi connectivity index (χ1n) is 4.43. The van der Waals surface area contributed by atoms with Crippen LogP contribution in [0.3, 0.4) is 0 Å². The number of aromatic amines is 1. The second kappa shape index (κ2) is 3.86. The molecule has 1 aromatic carbocycles. The minimum Gasteiger partial charge on any atom is -0.244 e. The maximum Gasteiger partial charge on any atom is 0.365 e. The summed E-state index contributed by atoms with van der Waals surface area (Å²) in [4.78, 5) is 11.2. The SMILES string of the molecule is CC(Cl)c1ccc(-n2nn[nH]c2=O)cc1. The van der Waals surface area contributed by atoms with E-state index in [0.29, 0.717) is 5.69 Å². The van der Waals surface area contributed by atoms with E-state index in [2.05, 4.69) is 15.5 Å². The average molecular weight is 225 g/mol. The van der Waals surface area contributed by atoms with Crippen LogP contribution in [-0.2, 0) is 0 Å². The lowest BCUT2D eigenvalue weighted by molar-refractivity contribution is 0.779. The third-order valence-electron chi connectivity index (χ3n) is 2.07. The highest BCUT2D eigenvalue weighted by atomic mass is 35.5. The summed E-state index contributed by atoms with van der Waals surface area (Å²) in [7, 11) is 0. The van der Waals surface area contributed by atoms with Crippen LogP contribution in [0.2, 0.25) is 0 Å². The van der Waals surface area contributed by atoms with Crippen molar-refractivity contribution < 1.29 is 0 Å². The van der Waals surface area contributed by atoms with Crippen LogP contribution in [0.15, 0.2) is 29.1 Å². The van der Waals surface area contributed by atoms with Gasteiger partial charge < -0.3 is 0 Å². The molecule has 1 heterocycles. The van der Waals surface area contributed by atoms with E-state index in [9.17, 15) is 4.79 Å². The molecule has 0 aliphatic rings. The van der Waals surface area contributed by atoms with Crippen LogP contribution < -0.4 is 5.69 Å². The summed E-state index contributed by atoms with van der Waals surface area (Å²) in [5.74, 6) is 0. The van der Waals surface area contributed by atoms with E-state index >= 15 is 0 Å². The smallest absolute Gasteiger partial charge is 0.244 e. The van der Waals surface area contributed by atoms with E-state index < -0.39 is 0 Å². The Bertz CT molecular complexity index is 499. The lowest BCUT2D eigenvalue weighted by Crippen LogP contribution is -2.15. The van der Waals surface area contributed by atoms with Crippen molar-refractivity contribution in [3.05, 3.63) is 40.3 Å². The van der Waals surface area contributed by atoms with E-state index in [-0.39, 0.29) is 11.1 Å². The Kier molecular flexibility index (Phi) is 2.55. The van der Waals surface area contributed by atoms with Crippen LogP contribution in [0.4, 0.5) is 0 Å². The van der Waals surface area contributed by atoms with Crippen LogP contribution >= 0.6 is 11.6 Å². The van der Waals surface area contributed by atoms with Gasteiger partial charge in [0, 0.05) is 0 Å². The quantitative estimate of drug-likeness (QED) is 0.781. The Morgan fingerprint density at radius 3 is 2.53 bits per heavy atom. The van der Waals surface area contributed by atoms with E-state index in [4.69, 9.17) is 11.6 Å². The van der Waals surface area contributed by atoms with Gasteiger partial charge in [0.1, 0.15) is 0 Å². The maximum absolute atomic E-state index is 11.2. The Morgan fingerprint density at radius 2 is 2.07 bits per heavy atom. The van der Waals surface area contributed by atoms with Crippen molar-refractivity contribution in [3.63, 3.8) is 0 Å². The fourth-order valence-corrected chi connectivity index (χ4v) is 1.39. The minimum atomic E-state index is -0.360. The van der Waals surface area contributed by atoms with Gasteiger partial charge in [0.15, 0.2) is 0 Å². The van der Waals surface area contributed by atoms with Crippen molar-refractivity contribution in [2.24, 2.45) is 0 Å². The molecular formula is C9H9ClN4O. The van der Waals surface area contributed by atoms with Gasteiger partial charge >= 0.3 is 5.69 Å². The molecule has 0 saturated heterocycles. The molecule has 0 bridgehead atoms. The Morgan fingerprint density at radius 1 is 1.40 bits per heavy atom. The lowest BCUT2D eigenvalue weighted by Gasteiger charge is -2.03. The zero-order valence-electron chi connectivity index (χ0n) is 8.01. The highest BCUT2D eigenvalue weighted by Gasteiger charge is 2.04. The Balaban J connectivity index is 2.40. The summed E-state index contributed by atoms with van der Waals surface area (Å²) in [6, 6.07) is 7.26. The van der Waals surface area contributed by atoms with E-state index in [1.54, 1.807) is 12.1 Å². The fourth-order valence-electron chi connectivity index (χ4n) is 1.25. The van der Waals surface area contributed by atoms with Crippen LogP contribution in [-0.4, -0.2) is 20.2 Å². The summed E-state index contributed by atoms with van der Waals surface area (Å²) in [6.07, 6.45) is 0. The number of rotatable bonds is 2. The monoisotopic (exact) mass is 224 g/mol. The zero-order chi connectivity index (χ0) is 10.8. The molecule has 1 aromatic heterocycles. The topological polar surface area (TPSA) is 63.6 Å². The van der Waals surface area contributed by atoms with Gasteiger partial charge in [-0.3, -0.25) is 0 Å². The predicted octanol–water partition coefficient (Wildman–Crippen LogP) is 1.26. The first-order valence-corrected chi connectivity index (χ1v) is 4.87. The van der Waals surface area contributed by atoms with Crippen LogP contribution in [0.25, 0.3) is 5.69 Å². The Labute approximate surface area is 90.7 Å². The molecule has 2 rings (SSSR count). The zero-order valence-corrected chi connectivity index (χ0v) is 8.77. The highest BCUT2D eigenvalue weighted by Crippen LogP contribution is 2.19. The molecule has 2 aromatic rings. The largest absolute Gasteiger partial charge is 0.365 e. The molecule has 0 amide bonds. The molecule has 78 valence electrons. The van der Waals surface area contributed by atoms with Gasteiger partial charge in [0.25, 0.3) is 0 Å². The van der Waals surface area contributed by atoms with Crippen molar-refractivity contribution >= 4 is 11.6 Å². The number of aromatic nitrogens is 4. The summed E-state index contributed by atoms with van der Waals surface area (Å²) in [5, 5.41) is 9.21. The molecule has 0 spiro atoms. The summed E-state index contributed by atoms with van der Waals surface area (Å²) in [6.45, 7) is 1.89. The van der Waals surface area contributed by atoms with Gasteiger partial charge in [0.2, 0.25) is 0 Å². The summed E-state index contributed by atoms with van der Waals surface area (Å²) < 4.78 is 1.18. The molecule has 1 unspecified atom stereocenters. The molecule has 0 aliphatic heterocycles. The standard InChI is InChI=1S/C9H9ClN4O/c1-6(10)7-2-4-8(5-3-7)14-9(15)11-12-13-14/h2-6H,1H3,(H,11,13,15).